The Bertz CT molecular complexity index is 296. The van der Waals surface area contributed by atoms with Crippen LogP contribution in [0.1, 0.15) is 12.0 Å². The number of rotatable bonds is 0. The summed E-state index contributed by atoms with van der Waals surface area (Å²) in [5, 5.41) is 2.78. The number of hydrogen-bond donors (Lipinski definition) is 1. The summed E-state index contributed by atoms with van der Waals surface area (Å²) in [6.45, 7) is 0. The van der Waals surface area contributed by atoms with Crippen molar-refractivity contribution >= 4 is 11.6 Å². The minimum Gasteiger partial charge on any atom is -0.326 e. The highest BCUT2D eigenvalue weighted by atomic mass is 16.1. The summed E-state index contributed by atoms with van der Waals surface area (Å²) in [7, 11) is 0. The zero-order chi connectivity index (χ0) is 7.68. The topological polar surface area (TPSA) is 42.0 Å². The molecule has 0 saturated heterocycles. The summed E-state index contributed by atoms with van der Waals surface area (Å²) in [6.07, 6.45) is 4.88. The Morgan fingerprint density at radius 1 is 1.45 bits per heavy atom. The van der Waals surface area contributed by atoms with Crippen LogP contribution in [0.2, 0.25) is 0 Å². The van der Waals surface area contributed by atoms with Gasteiger partial charge in [0.2, 0.25) is 5.91 Å². The molecule has 2 heterocycles. The summed E-state index contributed by atoms with van der Waals surface area (Å²) >= 11 is 0. The first-order chi connectivity index (χ1) is 5.36. The summed E-state index contributed by atoms with van der Waals surface area (Å²) in [4.78, 5) is 14.9. The minimum atomic E-state index is 0.101. The molecule has 1 N–H and O–H groups in total. The van der Waals surface area contributed by atoms with E-state index < -0.39 is 0 Å². The van der Waals surface area contributed by atoms with Gasteiger partial charge in [-0.05, 0) is 18.1 Å². The normalized spacial score (nSPS) is 15.5. The van der Waals surface area contributed by atoms with E-state index in [-0.39, 0.29) is 5.91 Å². The van der Waals surface area contributed by atoms with Crippen molar-refractivity contribution in [2.75, 3.05) is 5.32 Å². The molecule has 1 aliphatic rings. The molecule has 1 aromatic heterocycles. The summed E-state index contributed by atoms with van der Waals surface area (Å²) < 4.78 is 0. The van der Waals surface area contributed by atoms with E-state index in [1.807, 2.05) is 6.07 Å². The largest absolute Gasteiger partial charge is 0.326 e. The van der Waals surface area contributed by atoms with Gasteiger partial charge in [0.05, 0.1) is 0 Å². The highest BCUT2D eigenvalue weighted by Crippen LogP contribution is 2.19. The monoisotopic (exact) mass is 148 g/mol. The molecule has 0 bridgehead atoms. The lowest BCUT2D eigenvalue weighted by atomic mass is 10.1. The average molecular weight is 148 g/mol. The van der Waals surface area contributed by atoms with Crippen LogP contribution in [0.25, 0.3) is 0 Å². The SMILES string of the molecule is O=C1CCc2cnccc2N1. The van der Waals surface area contributed by atoms with Gasteiger partial charge < -0.3 is 5.32 Å². The third-order valence-corrected chi connectivity index (χ3v) is 1.80. The Morgan fingerprint density at radius 3 is 3.27 bits per heavy atom. The van der Waals surface area contributed by atoms with Crippen LogP contribution in [0.4, 0.5) is 5.69 Å². The maximum absolute atomic E-state index is 10.9. The number of carbonyl (C=O) groups is 1. The van der Waals surface area contributed by atoms with Gasteiger partial charge in [-0.25, -0.2) is 0 Å². The van der Waals surface area contributed by atoms with Crippen molar-refractivity contribution in [2.45, 2.75) is 12.8 Å². The second-order valence-corrected chi connectivity index (χ2v) is 2.58. The number of fused-ring (bicyclic) bond motifs is 1. The molecule has 0 spiro atoms. The maximum Gasteiger partial charge on any atom is 0.224 e. The number of pyridine rings is 1. The summed E-state index contributed by atoms with van der Waals surface area (Å²) in [5.41, 5.74) is 2.04. The lowest BCUT2D eigenvalue weighted by Crippen LogP contribution is -2.18. The Hall–Kier alpha value is -1.38. The van der Waals surface area contributed by atoms with Crippen LogP contribution in [0.5, 0.6) is 0 Å². The summed E-state index contributed by atoms with van der Waals surface area (Å²) in [6, 6.07) is 1.83. The number of nitrogens with one attached hydrogen (secondary N) is 1. The van der Waals surface area contributed by atoms with E-state index >= 15 is 0 Å². The van der Waals surface area contributed by atoms with Gasteiger partial charge in [-0.15, -0.1) is 0 Å². The van der Waals surface area contributed by atoms with Crippen LogP contribution in [-0.4, -0.2) is 10.9 Å². The lowest BCUT2D eigenvalue weighted by Gasteiger charge is -2.14. The first-order valence-electron chi connectivity index (χ1n) is 3.59. The van der Waals surface area contributed by atoms with E-state index in [1.165, 1.54) is 0 Å². The Labute approximate surface area is 64.5 Å². The van der Waals surface area contributed by atoms with Crippen molar-refractivity contribution in [1.29, 1.82) is 0 Å². The van der Waals surface area contributed by atoms with Gasteiger partial charge in [0, 0.05) is 24.5 Å². The molecule has 3 nitrogen and oxygen atoms in total. The predicted octanol–water partition coefficient (Wildman–Crippen LogP) is 0.966. The van der Waals surface area contributed by atoms with Gasteiger partial charge in [0.15, 0.2) is 0 Å². The lowest BCUT2D eigenvalue weighted by molar-refractivity contribution is -0.116. The molecule has 3 heteroatoms. The zero-order valence-corrected chi connectivity index (χ0v) is 6.00. The smallest absolute Gasteiger partial charge is 0.224 e. The van der Waals surface area contributed by atoms with Crippen molar-refractivity contribution in [2.24, 2.45) is 0 Å². The fraction of sp³-hybridized carbons (Fsp3) is 0.250. The highest BCUT2D eigenvalue weighted by molar-refractivity contribution is 5.93. The number of amides is 1. The number of anilines is 1. The fourth-order valence-corrected chi connectivity index (χ4v) is 1.21. The quantitative estimate of drug-likeness (QED) is 0.595. The first kappa shape index (κ1) is 6.34. The zero-order valence-electron chi connectivity index (χ0n) is 6.00. The Morgan fingerprint density at radius 2 is 2.36 bits per heavy atom. The standard InChI is InChI=1S/C8H8N2O/c11-8-2-1-6-5-9-4-3-7(6)10-8/h3-5H,1-2H2,(H,10,11). The summed E-state index contributed by atoms with van der Waals surface area (Å²) in [5.74, 6) is 0.101. The predicted molar refractivity (Wildman–Crippen MR) is 41.2 cm³/mol. The third-order valence-electron chi connectivity index (χ3n) is 1.80. The highest BCUT2D eigenvalue weighted by Gasteiger charge is 2.13. The Balaban J connectivity index is 2.41. The van der Waals surface area contributed by atoms with E-state index in [9.17, 15) is 4.79 Å². The molecule has 56 valence electrons. The maximum atomic E-state index is 10.9. The minimum absolute atomic E-state index is 0.101. The molecule has 2 rings (SSSR count). The van der Waals surface area contributed by atoms with Gasteiger partial charge in [-0.1, -0.05) is 0 Å². The van der Waals surface area contributed by atoms with Gasteiger partial charge >= 0.3 is 0 Å². The van der Waals surface area contributed by atoms with E-state index in [1.54, 1.807) is 12.4 Å². The van der Waals surface area contributed by atoms with Crippen molar-refractivity contribution in [3.63, 3.8) is 0 Å². The average Bonchev–Trinajstić information content (AvgIpc) is 2.04. The van der Waals surface area contributed by atoms with E-state index in [0.29, 0.717) is 6.42 Å². The van der Waals surface area contributed by atoms with Crippen LogP contribution >= 0.6 is 0 Å². The molecule has 1 aromatic rings. The molecule has 1 amide bonds. The van der Waals surface area contributed by atoms with Gasteiger partial charge in [0.1, 0.15) is 0 Å². The van der Waals surface area contributed by atoms with Crippen molar-refractivity contribution in [3.05, 3.63) is 24.0 Å². The number of carbonyl (C=O) groups excluding carboxylic acids is 1. The van der Waals surface area contributed by atoms with Gasteiger partial charge in [-0.2, -0.15) is 0 Å². The van der Waals surface area contributed by atoms with Crippen LogP contribution in [0.3, 0.4) is 0 Å². The molecule has 1 aliphatic heterocycles. The molecule has 0 fully saturated rings. The Kier molecular flexibility index (Phi) is 1.35. The van der Waals surface area contributed by atoms with Crippen LogP contribution in [-0.2, 0) is 11.2 Å². The molecular weight excluding hydrogens is 140 g/mol. The van der Waals surface area contributed by atoms with E-state index in [4.69, 9.17) is 0 Å². The van der Waals surface area contributed by atoms with E-state index in [0.717, 1.165) is 17.7 Å². The second-order valence-electron chi connectivity index (χ2n) is 2.58. The second kappa shape index (κ2) is 2.34. The molecular formula is C8H8N2O. The fourth-order valence-electron chi connectivity index (χ4n) is 1.21. The van der Waals surface area contributed by atoms with Crippen molar-refractivity contribution in [3.8, 4) is 0 Å². The van der Waals surface area contributed by atoms with E-state index in [2.05, 4.69) is 10.3 Å². The molecule has 0 aromatic carbocycles. The first-order valence-corrected chi connectivity index (χ1v) is 3.59. The van der Waals surface area contributed by atoms with Crippen molar-refractivity contribution < 1.29 is 4.79 Å². The van der Waals surface area contributed by atoms with Crippen LogP contribution < -0.4 is 5.32 Å². The molecule has 0 unspecified atom stereocenters. The van der Waals surface area contributed by atoms with Crippen LogP contribution in [0.15, 0.2) is 18.5 Å². The molecule has 11 heavy (non-hydrogen) atoms. The molecule has 0 radical (unpaired) electrons. The number of nitrogens with zero attached hydrogens (tertiary/aromatic N) is 1. The molecule has 0 saturated carbocycles. The third kappa shape index (κ3) is 1.09. The van der Waals surface area contributed by atoms with Gasteiger partial charge in [0.25, 0.3) is 0 Å². The number of aromatic nitrogens is 1. The van der Waals surface area contributed by atoms with Crippen molar-refractivity contribution in [1.82, 2.24) is 4.98 Å². The molecule has 0 aliphatic carbocycles. The van der Waals surface area contributed by atoms with Crippen LogP contribution in [0, 0.1) is 0 Å². The number of aryl methyl sites for hydroxylation is 1. The molecule has 0 atom stereocenters. The number of hydrogen-bond acceptors (Lipinski definition) is 2. The van der Waals surface area contributed by atoms with Gasteiger partial charge in [-0.3, -0.25) is 9.78 Å².